The Labute approximate surface area is 276 Å². The van der Waals surface area contributed by atoms with Gasteiger partial charge in [0.1, 0.15) is 5.78 Å². The van der Waals surface area contributed by atoms with Gasteiger partial charge < -0.3 is 0 Å². The van der Waals surface area contributed by atoms with Crippen LogP contribution < -0.4 is 0 Å². The number of rotatable bonds is 7. The number of halogens is 1. The Morgan fingerprint density at radius 1 is 0.761 bits per heavy atom. The smallest absolute Gasteiger partial charge is 0.243 e. The molecule has 7 nitrogen and oxygen atoms in total. The molecule has 240 valence electrons. The number of nitrogens with zero attached hydrogens (tertiary/aromatic N) is 2. The zero-order valence-corrected chi connectivity index (χ0v) is 28.4. The fourth-order valence-corrected chi connectivity index (χ4v) is 10.7. The van der Waals surface area contributed by atoms with Crippen molar-refractivity contribution in [3.05, 3.63) is 130 Å². The maximum absolute atomic E-state index is 14.7. The van der Waals surface area contributed by atoms with Gasteiger partial charge in [0.05, 0.1) is 21.9 Å². The molecule has 2 heterocycles. The number of hydrogen-bond acceptors (Lipinski definition) is 5. The van der Waals surface area contributed by atoms with Gasteiger partial charge in [-0.15, -0.1) is 0 Å². The monoisotopic (exact) mass is 676 g/mol. The van der Waals surface area contributed by atoms with Gasteiger partial charge in [-0.25, -0.2) is 16.8 Å². The predicted octanol–water partition coefficient (Wildman–Crippen LogP) is 7.04. The number of ketones is 1. The average Bonchev–Trinajstić information content (AvgIpc) is 3.04. The number of carbonyl (C=O) groups excluding carboxylic acids is 1. The molecule has 4 aromatic rings. The molecule has 4 atom stereocenters. The minimum atomic E-state index is -4.12. The third kappa shape index (κ3) is 5.95. The molecule has 0 N–H and O–H groups in total. The number of hydrogen-bond donors (Lipinski definition) is 0. The van der Waals surface area contributed by atoms with E-state index in [-0.39, 0.29) is 35.0 Å². The van der Waals surface area contributed by atoms with Crippen LogP contribution in [0.25, 0.3) is 0 Å². The van der Waals surface area contributed by atoms with Gasteiger partial charge in [-0.1, -0.05) is 90.8 Å². The molecular formula is C36H37ClN2O5S2. The van der Waals surface area contributed by atoms with Crippen LogP contribution in [0.1, 0.15) is 59.7 Å². The van der Waals surface area contributed by atoms with Crippen LogP contribution in [0.5, 0.6) is 0 Å². The number of sulfonamides is 2. The molecule has 2 aliphatic rings. The van der Waals surface area contributed by atoms with E-state index in [1.807, 2.05) is 38.1 Å². The summed E-state index contributed by atoms with van der Waals surface area (Å²) in [6, 6.07) is 25.9. The van der Waals surface area contributed by atoms with Crippen LogP contribution in [0.15, 0.2) is 107 Å². The first kappa shape index (κ1) is 32.6. The maximum Gasteiger partial charge on any atom is 0.243 e. The molecule has 2 fully saturated rings. The molecule has 0 aliphatic carbocycles. The van der Waals surface area contributed by atoms with Crippen molar-refractivity contribution in [1.82, 2.24) is 8.61 Å². The number of benzene rings is 4. The van der Waals surface area contributed by atoms with Gasteiger partial charge in [-0.3, -0.25) is 4.79 Å². The number of aryl methyl sites for hydroxylation is 3. The Morgan fingerprint density at radius 2 is 1.37 bits per heavy atom. The van der Waals surface area contributed by atoms with Crippen LogP contribution in [0.4, 0.5) is 0 Å². The number of Topliss-reactive ketones (excluding diaryl/α,β-unsaturated/α-hetero) is 1. The molecule has 2 saturated heterocycles. The summed E-state index contributed by atoms with van der Waals surface area (Å²) in [5.41, 5.74) is 4.03. The highest BCUT2D eigenvalue weighted by molar-refractivity contribution is 7.89. The summed E-state index contributed by atoms with van der Waals surface area (Å²) in [5.74, 6) is -1.00. The first-order chi connectivity index (χ1) is 21.9. The van der Waals surface area contributed by atoms with Gasteiger partial charge in [-0.05, 0) is 79.3 Å². The highest BCUT2D eigenvalue weighted by atomic mass is 35.5. The average molecular weight is 677 g/mol. The number of fused-ring (bicyclic) bond motifs is 1. The third-order valence-electron chi connectivity index (χ3n) is 9.40. The van der Waals surface area contributed by atoms with Crippen molar-refractivity contribution in [3.63, 3.8) is 0 Å². The summed E-state index contributed by atoms with van der Waals surface area (Å²) in [7, 11) is -8.20. The summed E-state index contributed by atoms with van der Waals surface area (Å²) in [4.78, 5) is 14.4. The Kier molecular flexibility index (Phi) is 8.99. The Balaban J connectivity index is 1.51. The molecule has 0 radical (unpaired) electrons. The van der Waals surface area contributed by atoms with Crippen LogP contribution in [0.3, 0.4) is 0 Å². The molecule has 2 aliphatic heterocycles. The lowest BCUT2D eigenvalue weighted by atomic mass is 9.77. The van der Waals surface area contributed by atoms with Gasteiger partial charge in [0.15, 0.2) is 0 Å². The topological polar surface area (TPSA) is 91.8 Å². The summed E-state index contributed by atoms with van der Waals surface area (Å²) in [5, 5.41) is 0.498. The molecule has 1 unspecified atom stereocenters. The van der Waals surface area contributed by atoms with Gasteiger partial charge >= 0.3 is 0 Å². The summed E-state index contributed by atoms with van der Waals surface area (Å²) >= 11 is 6.23. The van der Waals surface area contributed by atoms with E-state index in [1.165, 1.54) is 8.61 Å². The molecule has 0 aromatic heterocycles. The minimum absolute atomic E-state index is 0.0540. The van der Waals surface area contributed by atoms with E-state index in [1.54, 1.807) is 79.7 Å². The molecule has 6 rings (SSSR count). The molecular weight excluding hydrogens is 640 g/mol. The fraction of sp³-hybridized carbons (Fsp3) is 0.306. The second-order valence-electron chi connectivity index (χ2n) is 12.2. The third-order valence-corrected chi connectivity index (χ3v) is 13.6. The molecule has 10 heteroatoms. The summed E-state index contributed by atoms with van der Waals surface area (Å²) in [6.07, 6.45) is 0.868. The zero-order valence-electron chi connectivity index (χ0n) is 26.0. The Bertz CT molecular complexity index is 1960. The Hall–Kier alpha value is -3.34. The second kappa shape index (κ2) is 12.7. The van der Waals surface area contributed by atoms with Gasteiger partial charge in [0.2, 0.25) is 20.0 Å². The van der Waals surface area contributed by atoms with E-state index >= 15 is 0 Å². The number of piperidine rings is 2. The van der Waals surface area contributed by atoms with Crippen LogP contribution in [-0.2, 0) is 31.3 Å². The highest BCUT2D eigenvalue weighted by Crippen LogP contribution is 2.48. The van der Waals surface area contributed by atoms with E-state index in [4.69, 9.17) is 11.6 Å². The molecule has 4 aromatic carbocycles. The normalized spacial score (nSPS) is 22.8. The van der Waals surface area contributed by atoms with Gasteiger partial charge in [0, 0.05) is 29.9 Å². The van der Waals surface area contributed by atoms with Crippen molar-refractivity contribution in [3.8, 4) is 0 Å². The molecule has 46 heavy (non-hydrogen) atoms. The quantitative estimate of drug-likeness (QED) is 0.209. The van der Waals surface area contributed by atoms with E-state index in [2.05, 4.69) is 0 Å². The van der Waals surface area contributed by atoms with E-state index < -0.39 is 44.1 Å². The molecule has 0 spiro atoms. The van der Waals surface area contributed by atoms with Crippen LogP contribution in [0, 0.1) is 19.8 Å². The lowest BCUT2D eigenvalue weighted by Gasteiger charge is -2.51. The van der Waals surface area contributed by atoms with Crippen LogP contribution in [0.2, 0.25) is 5.02 Å². The lowest BCUT2D eigenvalue weighted by Crippen LogP contribution is -2.60. The van der Waals surface area contributed by atoms with E-state index in [9.17, 15) is 21.6 Å². The first-order valence-electron chi connectivity index (χ1n) is 15.5. The molecule has 0 bridgehead atoms. The highest BCUT2D eigenvalue weighted by Gasteiger charge is 2.54. The molecule has 0 amide bonds. The van der Waals surface area contributed by atoms with Crippen LogP contribution in [-0.4, -0.2) is 43.8 Å². The largest absolute Gasteiger partial charge is 0.299 e. The van der Waals surface area contributed by atoms with Crippen molar-refractivity contribution in [2.45, 2.75) is 68.0 Å². The van der Waals surface area contributed by atoms with Gasteiger partial charge in [0.25, 0.3) is 0 Å². The minimum Gasteiger partial charge on any atom is -0.299 e. The van der Waals surface area contributed by atoms with Crippen molar-refractivity contribution in [2.75, 3.05) is 6.54 Å². The van der Waals surface area contributed by atoms with Crippen molar-refractivity contribution in [1.29, 1.82) is 0 Å². The maximum atomic E-state index is 14.7. The second-order valence-corrected chi connectivity index (χ2v) is 16.4. The van der Waals surface area contributed by atoms with E-state index in [0.717, 1.165) is 23.1 Å². The van der Waals surface area contributed by atoms with Crippen LogP contribution >= 0.6 is 11.6 Å². The molecule has 0 saturated carbocycles. The standard InChI is InChI=1S/C36H37ClN2O5S2/c1-4-26-11-13-28(14-12-26)33-22-35(40)31-23-38(46(43,44)36-8-6-5-7-25(36)3)32(27-15-17-29(37)18-16-27)21-34(31)39(33)45(41,42)30-19-9-24(2)10-20-30/h5-20,31-34H,4,21-23H2,1-3H3/t31-,32?,33+,34+/m1/s1. The Morgan fingerprint density at radius 3 is 2.00 bits per heavy atom. The summed E-state index contributed by atoms with van der Waals surface area (Å²) in [6.45, 7) is 5.54. The predicted molar refractivity (Wildman–Crippen MR) is 180 cm³/mol. The van der Waals surface area contributed by atoms with E-state index in [0.29, 0.717) is 16.1 Å². The van der Waals surface area contributed by atoms with Gasteiger partial charge in [-0.2, -0.15) is 8.61 Å². The van der Waals surface area contributed by atoms with Crippen molar-refractivity contribution in [2.24, 2.45) is 5.92 Å². The first-order valence-corrected chi connectivity index (χ1v) is 18.7. The SMILES string of the molecule is CCc1ccc([C@@H]2CC(=O)[C@@H]3CN(S(=O)(=O)c4ccccc4C)C(c4ccc(Cl)cc4)C[C@@H]3N2S(=O)(=O)c2ccc(C)cc2)cc1. The van der Waals surface area contributed by atoms with Crippen molar-refractivity contribution >= 4 is 37.4 Å². The lowest BCUT2D eigenvalue weighted by molar-refractivity contribution is -0.132. The number of carbonyl (C=O) groups is 1. The summed E-state index contributed by atoms with van der Waals surface area (Å²) < 4.78 is 61.0. The van der Waals surface area contributed by atoms with Crippen molar-refractivity contribution < 1.29 is 21.6 Å². The fourth-order valence-electron chi connectivity index (χ4n) is 6.86. The zero-order chi connectivity index (χ0) is 32.8.